The van der Waals surface area contributed by atoms with E-state index in [4.69, 9.17) is 5.41 Å². The summed E-state index contributed by atoms with van der Waals surface area (Å²) in [5.41, 5.74) is 1.21. The molecule has 0 fully saturated rings. The van der Waals surface area contributed by atoms with E-state index in [1.54, 1.807) is 11.3 Å². The molecule has 1 aromatic heterocycles. The Morgan fingerprint density at radius 3 is 2.85 bits per heavy atom. The Balaban J connectivity index is 2.79. The third kappa shape index (κ3) is 5.39. The van der Waals surface area contributed by atoms with Gasteiger partial charge in [-0.2, -0.15) is 0 Å². The van der Waals surface area contributed by atoms with Gasteiger partial charge in [0, 0.05) is 17.3 Å². The van der Waals surface area contributed by atoms with Gasteiger partial charge in [0.1, 0.15) is 5.01 Å². The van der Waals surface area contributed by atoms with Gasteiger partial charge in [0.05, 0.1) is 0 Å². The molecule has 3 nitrogen and oxygen atoms in total. The predicted molar refractivity (Wildman–Crippen MR) is 89.7 cm³/mol. The summed E-state index contributed by atoms with van der Waals surface area (Å²) in [7, 11) is 1.98. The molecule has 0 saturated heterocycles. The minimum atomic E-state index is 0.492. The van der Waals surface area contributed by atoms with Gasteiger partial charge in [-0.05, 0) is 56.5 Å². The van der Waals surface area contributed by atoms with Crippen LogP contribution < -0.4 is 5.32 Å². The van der Waals surface area contributed by atoms with Gasteiger partial charge in [-0.15, -0.1) is 11.3 Å². The van der Waals surface area contributed by atoms with Crippen molar-refractivity contribution in [1.29, 1.82) is 5.41 Å². The van der Waals surface area contributed by atoms with Crippen molar-refractivity contribution in [2.45, 2.75) is 33.1 Å². The summed E-state index contributed by atoms with van der Waals surface area (Å²) in [5.74, 6) is 0.492. The van der Waals surface area contributed by atoms with E-state index in [2.05, 4.69) is 36.3 Å². The maximum atomic E-state index is 7.33. The zero-order chi connectivity index (χ0) is 14.8. The van der Waals surface area contributed by atoms with Crippen molar-refractivity contribution in [2.75, 3.05) is 13.6 Å². The lowest BCUT2D eigenvalue weighted by molar-refractivity contribution is 0.535. The smallest absolute Gasteiger partial charge is 0.116 e. The van der Waals surface area contributed by atoms with E-state index < -0.39 is 0 Å². The Bertz CT molecular complexity index is 460. The number of nitrogens with one attached hydrogen (secondary N) is 2. The molecule has 0 spiro atoms. The van der Waals surface area contributed by atoms with E-state index in [0.717, 1.165) is 30.8 Å². The summed E-state index contributed by atoms with van der Waals surface area (Å²) in [4.78, 5) is 5.71. The van der Waals surface area contributed by atoms with Crippen molar-refractivity contribution in [1.82, 2.24) is 10.3 Å². The number of aryl methyl sites for hydroxylation is 1. The van der Waals surface area contributed by atoms with Crippen LogP contribution in [0.2, 0.25) is 0 Å². The molecule has 4 heteroatoms. The maximum Gasteiger partial charge on any atom is 0.116 e. The van der Waals surface area contributed by atoms with Crippen molar-refractivity contribution in [3.63, 3.8) is 0 Å². The number of hydrogen-bond acceptors (Lipinski definition) is 4. The van der Waals surface area contributed by atoms with Crippen LogP contribution in [0.25, 0.3) is 6.08 Å². The van der Waals surface area contributed by atoms with Crippen molar-refractivity contribution in [3.8, 4) is 0 Å². The summed E-state index contributed by atoms with van der Waals surface area (Å²) >= 11 is 1.74. The first-order valence-electron chi connectivity index (χ1n) is 7.23. The lowest BCUT2D eigenvalue weighted by Gasteiger charge is -2.15. The largest absolute Gasteiger partial charge is 0.320 e. The van der Waals surface area contributed by atoms with Gasteiger partial charge >= 0.3 is 0 Å². The molecule has 1 rings (SSSR count). The summed E-state index contributed by atoms with van der Waals surface area (Å²) < 4.78 is 0. The van der Waals surface area contributed by atoms with Crippen molar-refractivity contribution < 1.29 is 0 Å². The SMILES string of the molecule is CCc1cnc(/C=C/C(=C\C=N)C(CC)CCNC)s1. The second-order valence-electron chi connectivity index (χ2n) is 4.68. The molecule has 0 bridgehead atoms. The Morgan fingerprint density at radius 2 is 2.30 bits per heavy atom. The topological polar surface area (TPSA) is 48.8 Å². The summed E-state index contributed by atoms with van der Waals surface area (Å²) in [5, 5.41) is 11.6. The highest BCUT2D eigenvalue weighted by Gasteiger charge is 2.09. The van der Waals surface area contributed by atoms with Crippen LogP contribution in [-0.4, -0.2) is 24.8 Å². The van der Waals surface area contributed by atoms with E-state index in [1.807, 2.05) is 19.3 Å². The molecule has 0 aliphatic carbocycles. The molecule has 0 aliphatic heterocycles. The standard InChI is InChI=1S/C16H25N3S/c1-4-13(9-11-18-3)14(8-10-17)6-7-16-19-12-15(5-2)20-16/h6-8,10,12-13,17-18H,4-5,9,11H2,1-3H3/b7-6+,14-8+,17-10?. The molecule has 1 aromatic rings. The van der Waals surface area contributed by atoms with Crippen molar-refractivity contribution in [2.24, 2.45) is 5.92 Å². The number of thiazole rings is 1. The number of aromatic nitrogens is 1. The molecule has 0 aliphatic rings. The molecule has 1 unspecified atom stereocenters. The van der Waals surface area contributed by atoms with Gasteiger partial charge in [0.2, 0.25) is 0 Å². The maximum absolute atomic E-state index is 7.33. The second kappa shape index (κ2) is 9.61. The first-order chi connectivity index (χ1) is 9.74. The van der Waals surface area contributed by atoms with Crippen LogP contribution in [0, 0.1) is 11.3 Å². The number of allylic oxidation sites excluding steroid dienone is 3. The minimum Gasteiger partial charge on any atom is -0.320 e. The van der Waals surface area contributed by atoms with E-state index in [0.29, 0.717) is 5.92 Å². The summed E-state index contributed by atoms with van der Waals surface area (Å²) in [6, 6.07) is 0. The molecule has 0 radical (unpaired) electrons. The Kier molecular flexibility index (Phi) is 8.07. The van der Waals surface area contributed by atoms with Gasteiger partial charge in [-0.1, -0.05) is 19.9 Å². The summed E-state index contributed by atoms with van der Waals surface area (Å²) in [6.45, 7) is 5.34. The van der Waals surface area contributed by atoms with Crippen molar-refractivity contribution >= 4 is 23.6 Å². The molecule has 1 atom stereocenters. The average Bonchev–Trinajstić information content (AvgIpc) is 2.93. The highest BCUT2D eigenvalue weighted by Crippen LogP contribution is 2.22. The van der Waals surface area contributed by atoms with Crippen LogP contribution in [0.15, 0.2) is 23.9 Å². The highest BCUT2D eigenvalue weighted by molar-refractivity contribution is 7.12. The molecular formula is C16H25N3S. The van der Waals surface area contributed by atoms with E-state index >= 15 is 0 Å². The third-order valence-electron chi connectivity index (χ3n) is 3.32. The Labute approximate surface area is 126 Å². The molecular weight excluding hydrogens is 266 g/mol. The predicted octanol–water partition coefficient (Wildman–Crippen LogP) is 3.93. The molecule has 20 heavy (non-hydrogen) atoms. The fourth-order valence-corrected chi connectivity index (χ4v) is 2.84. The molecule has 2 N–H and O–H groups in total. The number of rotatable bonds is 9. The van der Waals surface area contributed by atoms with Crippen LogP contribution in [0.3, 0.4) is 0 Å². The van der Waals surface area contributed by atoms with E-state index in [-0.39, 0.29) is 0 Å². The van der Waals surface area contributed by atoms with Gasteiger partial charge in [0.25, 0.3) is 0 Å². The zero-order valence-corrected chi connectivity index (χ0v) is 13.5. The van der Waals surface area contributed by atoms with Crippen LogP contribution >= 0.6 is 11.3 Å². The quantitative estimate of drug-likeness (QED) is 0.535. The van der Waals surface area contributed by atoms with Crippen molar-refractivity contribution in [3.05, 3.63) is 33.8 Å². The Morgan fingerprint density at radius 1 is 1.50 bits per heavy atom. The van der Waals surface area contributed by atoms with E-state index in [1.165, 1.54) is 16.7 Å². The lowest BCUT2D eigenvalue weighted by atomic mass is 9.92. The van der Waals surface area contributed by atoms with Crippen LogP contribution in [0.4, 0.5) is 0 Å². The van der Waals surface area contributed by atoms with Gasteiger partial charge in [-0.3, -0.25) is 0 Å². The van der Waals surface area contributed by atoms with Gasteiger partial charge in [-0.25, -0.2) is 4.98 Å². The molecule has 0 amide bonds. The number of nitrogens with zero attached hydrogens (tertiary/aromatic N) is 1. The molecule has 0 saturated carbocycles. The molecule has 1 heterocycles. The highest BCUT2D eigenvalue weighted by atomic mass is 32.1. The first-order valence-corrected chi connectivity index (χ1v) is 8.04. The van der Waals surface area contributed by atoms with Crippen LogP contribution in [0.1, 0.15) is 36.6 Å². The van der Waals surface area contributed by atoms with Crippen LogP contribution in [0.5, 0.6) is 0 Å². The molecule has 110 valence electrons. The minimum absolute atomic E-state index is 0.492. The second-order valence-corrected chi connectivity index (χ2v) is 5.83. The Hall–Kier alpha value is -1.26. The molecule has 0 aromatic carbocycles. The average molecular weight is 291 g/mol. The van der Waals surface area contributed by atoms with E-state index in [9.17, 15) is 0 Å². The zero-order valence-electron chi connectivity index (χ0n) is 12.6. The normalized spacial score (nSPS) is 13.8. The lowest BCUT2D eigenvalue weighted by Crippen LogP contribution is -2.14. The number of hydrogen-bond donors (Lipinski definition) is 2. The summed E-state index contributed by atoms with van der Waals surface area (Å²) in [6.07, 6.45) is 12.6. The first kappa shape index (κ1) is 16.8. The third-order valence-corrected chi connectivity index (χ3v) is 4.43. The fourth-order valence-electron chi connectivity index (χ4n) is 2.08. The van der Waals surface area contributed by atoms with Gasteiger partial charge < -0.3 is 10.7 Å². The van der Waals surface area contributed by atoms with Gasteiger partial charge in [0.15, 0.2) is 0 Å². The van der Waals surface area contributed by atoms with Crippen LogP contribution in [-0.2, 0) is 6.42 Å². The monoisotopic (exact) mass is 291 g/mol. The fraction of sp³-hybridized carbons (Fsp3) is 0.500.